The standard InChI is InChI=1S/C9H9N3O/c10-7-1-3-8(4-2-7)12-6-5-11-9(12)13/h1-6H,10H2,(H,11,13). The number of anilines is 1. The van der Waals surface area contributed by atoms with Gasteiger partial charge in [-0.05, 0) is 24.3 Å². The first kappa shape index (κ1) is 7.67. The Morgan fingerprint density at radius 2 is 1.92 bits per heavy atom. The Morgan fingerprint density at radius 3 is 2.46 bits per heavy atom. The second-order valence-electron chi connectivity index (χ2n) is 2.73. The number of imidazole rings is 1. The lowest BCUT2D eigenvalue weighted by Gasteiger charge is -2.00. The Hall–Kier alpha value is -1.97. The van der Waals surface area contributed by atoms with Crippen molar-refractivity contribution in [2.45, 2.75) is 0 Å². The largest absolute Gasteiger partial charge is 0.399 e. The summed E-state index contributed by atoms with van der Waals surface area (Å²) in [5, 5.41) is 0. The van der Waals surface area contributed by atoms with Crippen molar-refractivity contribution in [2.24, 2.45) is 0 Å². The number of nitrogens with zero attached hydrogens (tertiary/aromatic N) is 1. The molecule has 2 aromatic rings. The number of aromatic nitrogens is 2. The summed E-state index contributed by atoms with van der Waals surface area (Å²) >= 11 is 0. The van der Waals surface area contributed by atoms with Gasteiger partial charge in [0.1, 0.15) is 0 Å². The van der Waals surface area contributed by atoms with E-state index in [4.69, 9.17) is 5.73 Å². The smallest absolute Gasteiger partial charge is 0.330 e. The van der Waals surface area contributed by atoms with Crippen LogP contribution in [-0.4, -0.2) is 9.55 Å². The molecule has 0 aliphatic heterocycles. The highest BCUT2D eigenvalue weighted by atomic mass is 16.1. The van der Waals surface area contributed by atoms with Crippen LogP contribution in [0.15, 0.2) is 41.5 Å². The maximum atomic E-state index is 11.2. The van der Waals surface area contributed by atoms with Crippen molar-refractivity contribution in [1.82, 2.24) is 9.55 Å². The predicted octanol–water partition coefficient (Wildman–Crippen LogP) is 0.748. The first-order valence-electron chi connectivity index (χ1n) is 3.89. The van der Waals surface area contributed by atoms with Crippen LogP contribution in [0, 0.1) is 0 Å². The second kappa shape index (κ2) is 2.82. The summed E-state index contributed by atoms with van der Waals surface area (Å²) in [6.45, 7) is 0. The number of aromatic amines is 1. The molecule has 0 saturated heterocycles. The van der Waals surface area contributed by atoms with Crippen LogP contribution >= 0.6 is 0 Å². The molecule has 0 fully saturated rings. The first-order chi connectivity index (χ1) is 6.27. The molecule has 0 spiro atoms. The number of benzene rings is 1. The fourth-order valence-corrected chi connectivity index (χ4v) is 1.16. The Bertz CT molecular complexity index is 452. The Labute approximate surface area is 74.6 Å². The molecule has 0 saturated carbocycles. The van der Waals surface area contributed by atoms with Gasteiger partial charge < -0.3 is 10.7 Å². The third-order valence-corrected chi connectivity index (χ3v) is 1.82. The van der Waals surface area contributed by atoms with E-state index in [1.807, 2.05) is 0 Å². The second-order valence-corrected chi connectivity index (χ2v) is 2.73. The van der Waals surface area contributed by atoms with E-state index in [9.17, 15) is 4.79 Å². The molecule has 1 heterocycles. The van der Waals surface area contributed by atoms with Gasteiger partial charge in [0, 0.05) is 18.1 Å². The fraction of sp³-hybridized carbons (Fsp3) is 0. The van der Waals surface area contributed by atoms with Gasteiger partial charge in [-0.3, -0.25) is 4.57 Å². The molecule has 0 unspecified atom stereocenters. The maximum Gasteiger partial charge on any atom is 0.330 e. The third kappa shape index (κ3) is 1.33. The Morgan fingerprint density at radius 1 is 1.23 bits per heavy atom. The van der Waals surface area contributed by atoms with Crippen molar-refractivity contribution in [2.75, 3.05) is 5.73 Å². The fourth-order valence-electron chi connectivity index (χ4n) is 1.16. The molecule has 66 valence electrons. The summed E-state index contributed by atoms with van der Waals surface area (Å²) in [6, 6.07) is 7.11. The van der Waals surface area contributed by atoms with Gasteiger partial charge in [0.05, 0.1) is 5.69 Å². The highest BCUT2D eigenvalue weighted by Gasteiger charge is 1.97. The van der Waals surface area contributed by atoms with Gasteiger partial charge in [0.25, 0.3) is 0 Å². The van der Waals surface area contributed by atoms with Gasteiger partial charge in [0.2, 0.25) is 0 Å². The summed E-state index contributed by atoms with van der Waals surface area (Å²) in [4.78, 5) is 13.7. The van der Waals surface area contributed by atoms with Crippen molar-refractivity contribution in [3.63, 3.8) is 0 Å². The van der Waals surface area contributed by atoms with E-state index in [1.165, 1.54) is 4.57 Å². The lowest BCUT2D eigenvalue weighted by molar-refractivity contribution is 0.988. The van der Waals surface area contributed by atoms with Crippen LogP contribution in [0.1, 0.15) is 0 Å². The molecule has 4 nitrogen and oxygen atoms in total. The molecule has 4 heteroatoms. The van der Waals surface area contributed by atoms with Crippen LogP contribution in [0.25, 0.3) is 5.69 Å². The zero-order chi connectivity index (χ0) is 9.26. The third-order valence-electron chi connectivity index (χ3n) is 1.82. The number of hydrogen-bond donors (Lipinski definition) is 2. The van der Waals surface area contributed by atoms with Crippen LogP contribution in [0.5, 0.6) is 0 Å². The van der Waals surface area contributed by atoms with Crippen molar-refractivity contribution >= 4 is 5.69 Å². The minimum atomic E-state index is -0.148. The molecule has 0 aliphatic carbocycles. The summed E-state index contributed by atoms with van der Waals surface area (Å²) in [6.07, 6.45) is 3.27. The molecule has 13 heavy (non-hydrogen) atoms. The molecule has 0 aliphatic rings. The minimum Gasteiger partial charge on any atom is -0.399 e. The highest BCUT2D eigenvalue weighted by Crippen LogP contribution is 2.07. The van der Waals surface area contributed by atoms with E-state index in [0.29, 0.717) is 5.69 Å². The van der Waals surface area contributed by atoms with Gasteiger partial charge in [-0.1, -0.05) is 0 Å². The van der Waals surface area contributed by atoms with Crippen LogP contribution in [0.3, 0.4) is 0 Å². The summed E-state index contributed by atoms with van der Waals surface area (Å²) < 4.78 is 1.51. The number of nitrogens with two attached hydrogens (primary N) is 1. The van der Waals surface area contributed by atoms with Gasteiger partial charge in [0.15, 0.2) is 0 Å². The average molecular weight is 175 g/mol. The van der Waals surface area contributed by atoms with Crippen LogP contribution < -0.4 is 11.4 Å². The van der Waals surface area contributed by atoms with E-state index in [2.05, 4.69) is 4.98 Å². The predicted molar refractivity (Wildman–Crippen MR) is 50.8 cm³/mol. The quantitative estimate of drug-likeness (QED) is 0.628. The van der Waals surface area contributed by atoms with Crippen LogP contribution in [-0.2, 0) is 0 Å². The van der Waals surface area contributed by atoms with Crippen LogP contribution in [0.2, 0.25) is 0 Å². The lowest BCUT2D eigenvalue weighted by atomic mass is 10.3. The maximum absolute atomic E-state index is 11.2. The van der Waals surface area contributed by atoms with Gasteiger partial charge in [-0.15, -0.1) is 0 Å². The van der Waals surface area contributed by atoms with E-state index < -0.39 is 0 Å². The SMILES string of the molecule is Nc1ccc(-n2cc[nH]c2=O)cc1. The number of hydrogen-bond acceptors (Lipinski definition) is 2. The molecule has 0 bridgehead atoms. The Balaban J connectivity index is 2.54. The van der Waals surface area contributed by atoms with Gasteiger partial charge in [-0.25, -0.2) is 4.79 Å². The van der Waals surface area contributed by atoms with Crippen molar-refractivity contribution in [3.05, 3.63) is 47.1 Å². The molecule has 1 aromatic heterocycles. The molecular formula is C9H9N3O. The number of nitrogen functional groups attached to an aromatic ring is 1. The number of H-pyrrole nitrogens is 1. The van der Waals surface area contributed by atoms with E-state index in [0.717, 1.165) is 5.69 Å². The summed E-state index contributed by atoms with van der Waals surface area (Å²) in [5.41, 5.74) is 6.87. The van der Waals surface area contributed by atoms with E-state index in [-0.39, 0.29) is 5.69 Å². The minimum absolute atomic E-state index is 0.148. The molecule has 2 rings (SSSR count). The summed E-state index contributed by atoms with van der Waals surface area (Å²) in [5.74, 6) is 0. The lowest BCUT2D eigenvalue weighted by Crippen LogP contribution is -2.13. The molecule has 0 amide bonds. The molecule has 0 atom stereocenters. The monoisotopic (exact) mass is 175 g/mol. The van der Waals surface area contributed by atoms with Gasteiger partial charge in [-0.2, -0.15) is 0 Å². The highest BCUT2D eigenvalue weighted by molar-refractivity contribution is 5.44. The number of nitrogens with one attached hydrogen (secondary N) is 1. The summed E-state index contributed by atoms with van der Waals surface area (Å²) in [7, 11) is 0. The van der Waals surface area contributed by atoms with E-state index in [1.54, 1.807) is 36.7 Å². The van der Waals surface area contributed by atoms with Crippen LogP contribution in [0.4, 0.5) is 5.69 Å². The zero-order valence-electron chi connectivity index (χ0n) is 6.90. The van der Waals surface area contributed by atoms with Crippen molar-refractivity contribution in [1.29, 1.82) is 0 Å². The van der Waals surface area contributed by atoms with E-state index >= 15 is 0 Å². The molecule has 1 aromatic carbocycles. The zero-order valence-corrected chi connectivity index (χ0v) is 6.90. The molecule has 3 N–H and O–H groups in total. The van der Waals surface area contributed by atoms with Crippen molar-refractivity contribution in [3.8, 4) is 5.69 Å². The average Bonchev–Trinajstić information content (AvgIpc) is 2.53. The van der Waals surface area contributed by atoms with Crippen molar-refractivity contribution < 1.29 is 0 Å². The first-order valence-corrected chi connectivity index (χ1v) is 3.89. The topological polar surface area (TPSA) is 63.8 Å². The molecular weight excluding hydrogens is 166 g/mol. The Kier molecular flexibility index (Phi) is 1.66. The normalized spacial score (nSPS) is 10.2. The van der Waals surface area contributed by atoms with Gasteiger partial charge >= 0.3 is 5.69 Å². The number of rotatable bonds is 1. The molecule has 0 radical (unpaired) electrons.